The van der Waals surface area contributed by atoms with Crippen molar-refractivity contribution in [1.29, 1.82) is 0 Å². The highest BCUT2D eigenvalue weighted by Gasteiger charge is 2.27. The summed E-state index contributed by atoms with van der Waals surface area (Å²) >= 11 is 0. The Labute approximate surface area is 83.6 Å². The van der Waals surface area contributed by atoms with Crippen molar-refractivity contribution in [2.45, 2.75) is 20.3 Å². The first-order chi connectivity index (χ1) is 6.42. The lowest BCUT2D eigenvalue weighted by Crippen LogP contribution is -2.26. The van der Waals surface area contributed by atoms with Gasteiger partial charge in [-0.2, -0.15) is 0 Å². The summed E-state index contributed by atoms with van der Waals surface area (Å²) in [5.74, 6) is -0.783. The average molecular weight is 193 g/mol. The van der Waals surface area contributed by atoms with Crippen molar-refractivity contribution in [1.82, 2.24) is 0 Å². The minimum absolute atomic E-state index is 0.516. The molecule has 0 amide bonds. The second-order valence-electron chi connectivity index (χ2n) is 4.11. The molecule has 0 saturated carbocycles. The maximum absolute atomic E-state index is 10.9. The number of rotatable bonds is 3. The fraction of sp³-hybridized carbons (Fsp3) is 0.364. The zero-order valence-electron chi connectivity index (χ0n) is 8.45. The number of carbonyl (C=O) groups is 1. The predicted molar refractivity (Wildman–Crippen MR) is 56.0 cm³/mol. The van der Waals surface area contributed by atoms with E-state index in [1.807, 2.05) is 12.1 Å². The smallest absolute Gasteiger partial charge is 0.309 e. The van der Waals surface area contributed by atoms with Crippen LogP contribution < -0.4 is 5.73 Å². The van der Waals surface area contributed by atoms with Crippen LogP contribution in [-0.2, 0) is 11.2 Å². The molecule has 1 aromatic rings. The Balaban J connectivity index is 2.79. The number of aliphatic carboxylic acids is 1. The molecule has 0 aromatic heterocycles. The van der Waals surface area contributed by atoms with E-state index in [1.54, 1.807) is 26.0 Å². The first kappa shape index (κ1) is 10.6. The van der Waals surface area contributed by atoms with Gasteiger partial charge in [0.25, 0.3) is 0 Å². The molecule has 76 valence electrons. The second kappa shape index (κ2) is 3.70. The Morgan fingerprint density at radius 2 is 1.86 bits per heavy atom. The molecule has 3 heteroatoms. The standard InChI is InChI=1S/C11H15NO2/c1-11(2,10(13)14)7-8-3-5-9(12)6-4-8/h3-6H,7,12H2,1-2H3,(H,13,14). The monoisotopic (exact) mass is 193 g/mol. The first-order valence-electron chi connectivity index (χ1n) is 4.49. The molecule has 0 atom stereocenters. The average Bonchev–Trinajstić information content (AvgIpc) is 2.08. The molecule has 14 heavy (non-hydrogen) atoms. The topological polar surface area (TPSA) is 63.3 Å². The van der Waals surface area contributed by atoms with E-state index in [0.29, 0.717) is 12.1 Å². The molecule has 3 N–H and O–H groups in total. The van der Waals surface area contributed by atoms with Crippen LogP contribution in [0.2, 0.25) is 0 Å². The summed E-state index contributed by atoms with van der Waals surface area (Å²) in [5, 5.41) is 8.93. The van der Waals surface area contributed by atoms with Crippen molar-refractivity contribution < 1.29 is 9.90 Å². The summed E-state index contributed by atoms with van der Waals surface area (Å²) in [6.45, 7) is 3.43. The van der Waals surface area contributed by atoms with Crippen LogP contribution in [0, 0.1) is 5.41 Å². The first-order valence-corrected chi connectivity index (χ1v) is 4.49. The number of carboxylic acid groups (broad SMARTS) is 1. The van der Waals surface area contributed by atoms with Crippen molar-refractivity contribution in [2.24, 2.45) is 5.41 Å². The number of hydrogen-bond donors (Lipinski definition) is 2. The van der Waals surface area contributed by atoms with Gasteiger partial charge < -0.3 is 10.8 Å². The van der Waals surface area contributed by atoms with Gasteiger partial charge in [-0.1, -0.05) is 12.1 Å². The molecule has 0 aliphatic rings. The maximum atomic E-state index is 10.9. The highest BCUT2D eigenvalue weighted by atomic mass is 16.4. The predicted octanol–water partition coefficient (Wildman–Crippen LogP) is 1.92. The molecule has 0 aliphatic heterocycles. The van der Waals surface area contributed by atoms with Gasteiger partial charge in [0.1, 0.15) is 0 Å². The summed E-state index contributed by atoms with van der Waals surface area (Å²) < 4.78 is 0. The van der Waals surface area contributed by atoms with Gasteiger partial charge >= 0.3 is 5.97 Å². The van der Waals surface area contributed by atoms with E-state index >= 15 is 0 Å². The summed E-state index contributed by atoms with van der Waals surface area (Å²) in [5.41, 5.74) is 6.50. The Hall–Kier alpha value is -1.51. The Morgan fingerprint density at radius 1 is 1.36 bits per heavy atom. The molecule has 1 aromatic carbocycles. The van der Waals surface area contributed by atoms with Gasteiger partial charge in [-0.15, -0.1) is 0 Å². The third-order valence-corrected chi connectivity index (χ3v) is 2.20. The zero-order valence-corrected chi connectivity index (χ0v) is 8.45. The van der Waals surface area contributed by atoms with Crippen molar-refractivity contribution in [3.63, 3.8) is 0 Å². The van der Waals surface area contributed by atoms with Crippen LogP contribution in [0.25, 0.3) is 0 Å². The third-order valence-electron chi connectivity index (χ3n) is 2.20. The van der Waals surface area contributed by atoms with Crippen molar-refractivity contribution in [3.8, 4) is 0 Å². The molecule has 0 fully saturated rings. The lowest BCUT2D eigenvalue weighted by molar-refractivity contribution is -0.146. The summed E-state index contributed by atoms with van der Waals surface area (Å²) in [4.78, 5) is 10.9. The minimum Gasteiger partial charge on any atom is -0.481 e. The molecule has 3 nitrogen and oxygen atoms in total. The molecule has 0 unspecified atom stereocenters. The maximum Gasteiger partial charge on any atom is 0.309 e. The number of anilines is 1. The number of nitrogens with two attached hydrogens (primary N) is 1. The lowest BCUT2D eigenvalue weighted by atomic mass is 9.86. The quantitative estimate of drug-likeness (QED) is 0.721. The largest absolute Gasteiger partial charge is 0.481 e. The van der Waals surface area contributed by atoms with E-state index in [-0.39, 0.29) is 0 Å². The van der Waals surface area contributed by atoms with Gasteiger partial charge in [0, 0.05) is 5.69 Å². The van der Waals surface area contributed by atoms with Crippen LogP contribution in [0.15, 0.2) is 24.3 Å². The fourth-order valence-electron chi connectivity index (χ4n) is 1.22. The van der Waals surface area contributed by atoms with Crippen LogP contribution in [0.4, 0.5) is 5.69 Å². The van der Waals surface area contributed by atoms with E-state index in [4.69, 9.17) is 10.8 Å². The summed E-state index contributed by atoms with van der Waals surface area (Å²) in [6, 6.07) is 7.29. The third kappa shape index (κ3) is 2.49. The molecular formula is C11H15NO2. The molecule has 0 bridgehead atoms. The summed E-state index contributed by atoms with van der Waals surface area (Å²) in [6.07, 6.45) is 0.516. The zero-order chi connectivity index (χ0) is 10.8. The second-order valence-corrected chi connectivity index (χ2v) is 4.11. The Kier molecular flexibility index (Phi) is 2.79. The fourth-order valence-corrected chi connectivity index (χ4v) is 1.22. The van der Waals surface area contributed by atoms with Crippen LogP contribution in [0.3, 0.4) is 0 Å². The number of benzene rings is 1. The molecule has 0 aliphatic carbocycles. The summed E-state index contributed by atoms with van der Waals surface area (Å²) in [7, 11) is 0. The van der Waals surface area contributed by atoms with Crippen LogP contribution in [0.5, 0.6) is 0 Å². The highest BCUT2D eigenvalue weighted by molar-refractivity contribution is 5.74. The molecule has 0 spiro atoms. The SMILES string of the molecule is CC(C)(Cc1ccc(N)cc1)C(=O)O. The van der Waals surface area contributed by atoms with Crippen molar-refractivity contribution >= 4 is 11.7 Å². The number of hydrogen-bond acceptors (Lipinski definition) is 2. The highest BCUT2D eigenvalue weighted by Crippen LogP contribution is 2.22. The van der Waals surface area contributed by atoms with E-state index in [0.717, 1.165) is 5.56 Å². The lowest BCUT2D eigenvalue weighted by Gasteiger charge is -2.18. The van der Waals surface area contributed by atoms with E-state index in [1.165, 1.54) is 0 Å². The van der Waals surface area contributed by atoms with Gasteiger partial charge in [-0.3, -0.25) is 4.79 Å². The molecular weight excluding hydrogens is 178 g/mol. The minimum atomic E-state index is -0.783. The van der Waals surface area contributed by atoms with E-state index < -0.39 is 11.4 Å². The Bertz CT molecular complexity index is 328. The van der Waals surface area contributed by atoms with Crippen LogP contribution in [-0.4, -0.2) is 11.1 Å². The number of carboxylic acids is 1. The van der Waals surface area contributed by atoms with Crippen LogP contribution >= 0.6 is 0 Å². The van der Waals surface area contributed by atoms with Crippen LogP contribution in [0.1, 0.15) is 19.4 Å². The normalized spacial score (nSPS) is 11.3. The van der Waals surface area contributed by atoms with Gasteiger partial charge in [-0.05, 0) is 38.0 Å². The molecule has 0 heterocycles. The van der Waals surface area contributed by atoms with Gasteiger partial charge in [0.05, 0.1) is 5.41 Å². The van der Waals surface area contributed by atoms with E-state index in [2.05, 4.69) is 0 Å². The van der Waals surface area contributed by atoms with E-state index in [9.17, 15) is 4.79 Å². The molecule has 0 radical (unpaired) electrons. The number of nitrogen functional groups attached to an aromatic ring is 1. The van der Waals surface area contributed by atoms with Crippen molar-refractivity contribution in [2.75, 3.05) is 5.73 Å². The van der Waals surface area contributed by atoms with Gasteiger partial charge in [0.2, 0.25) is 0 Å². The van der Waals surface area contributed by atoms with Gasteiger partial charge in [-0.25, -0.2) is 0 Å². The van der Waals surface area contributed by atoms with Gasteiger partial charge in [0.15, 0.2) is 0 Å². The van der Waals surface area contributed by atoms with Crippen molar-refractivity contribution in [3.05, 3.63) is 29.8 Å². The Morgan fingerprint density at radius 3 is 2.29 bits per heavy atom. The molecule has 0 saturated heterocycles. The molecule has 1 rings (SSSR count).